The molecule has 1 aromatic heterocycles. The minimum absolute atomic E-state index is 0.417. The number of aryl methyl sites for hydroxylation is 1. The van der Waals surface area contributed by atoms with E-state index in [2.05, 4.69) is 10.4 Å². The molecule has 0 saturated heterocycles. The van der Waals surface area contributed by atoms with Gasteiger partial charge in [0.05, 0.1) is 5.69 Å². The van der Waals surface area contributed by atoms with Crippen molar-refractivity contribution in [1.82, 2.24) is 9.78 Å². The standard InChI is InChI=1S/C11H20N4O/c1-15-7-9(12)10(14-15)13-8-11(3-4-11)5-6-16-2/h7H,3-6,8,12H2,1-2H3,(H,13,14). The summed E-state index contributed by atoms with van der Waals surface area (Å²) in [6.07, 6.45) is 5.48. The summed E-state index contributed by atoms with van der Waals surface area (Å²) < 4.78 is 6.85. The second kappa shape index (κ2) is 4.33. The first-order valence-electron chi connectivity index (χ1n) is 5.67. The molecular weight excluding hydrogens is 204 g/mol. The minimum Gasteiger partial charge on any atom is -0.394 e. The van der Waals surface area contributed by atoms with Gasteiger partial charge in [0.2, 0.25) is 0 Å². The number of nitrogens with two attached hydrogens (primary N) is 1. The van der Waals surface area contributed by atoms with E-state index in [1.54, 1.807) is 11.8 Å². The van der Waals surface area contributed by atoms with E-state index in [4.69, 9.17) is 10.5 Å². The molecule has 0 amide bonds. The summed E-state index contributed by atoms with van der Waals surface area (Å²) in [5.41, 5.74) is 6.95. The van der Waals surface area contributed by atoms with Crippen molar-refractivity contribution in [1.29, 1.82) is 0 Å². The normalized spacial score (nSPS) is 17.4. The van der Waals surface area contributed by atoms with Crippen molar-refractivity contribution in [3.05, 3.63) is 6.20 Å². The summed E-state index contributed by atoms with van der Waals surface area (Å²) >= 11 is 0. The van der Waals surface area contributed by atoms with Gasteiger partial charge in [0.1, 0.15) is 0 Å². The molecule has 0 unspecified atom stereocenters. The van der Waals surface area contributed by atoms with Crippen molar-refractivity contribution >= 4 is 11.5 Å². The number of rotatable bonds is 6. The van der Waals surface area contributed by atoms with Gasteiger partial charge >= 0.3 is 0 Å². The van der Waals surface area contributed by atoms with Crippen LogP contribution in [0.4, 0.5) is 11.5 Å². The van der Waals surface area contributed by atoms with Gasteiger partial charge in [-0.2, -0.15) is 5.10 Å². The summed E-state index contributed by atoms with van der Waals surface area (Å²) in [5, 5.41) is 7.60. The molecule has 0 bridgehead atoms. The first kappa shape index (κ1) is 11.3. The van der Waals surface area contributed by atoms with Crippen LogP contribution < -0.4 is 11.1 Å². The molecule has 1 saturated carbocycles. The molecule has 5 heteroatoms. The second-order valence-corrected chi connectivity index (χ2v) is 4.70. The Labute approximate surface area is 96.0 Å². The highest BCUT2D eigenvalue weighted by Crippen LogP contribution is 2.48. The van der Waals surface area contributed by atoms with Gasteiger partial charge in [-0.1, -0.05) is 0 Å². The Morgan fingerprint density at radius 1 is 1.62 bits per heavy atom. The van der Waals surface area contributed by atoms with Crippen LogP contribution in [0.1, 0.15) is 19.3 Å². The highest BCUT2D eigenvalue weighted by molar-refractivity contribution is 5.59. The van der Waals surface area contributed by atoms with Crippen LogP contribution in [0.2, 0.25) is 0 Å². The zero-order valence-electron chi connectivity index (χ0n) is 9.99. The van der Waals surface area contributed by atoms with E-state index in [-0.39, 0.29) is 0 Å². The average molecular weight is 224 g/mol. The van der Waals surface area contributed by atoms with Gasteiger partial charge in [-0.3, -0.25) is 4.68 Å². The molecule has 0 aromatic carbocycles. The molecule has 1 fully saturated rings. The molecule has 0 spiro atoms. The maximum absolute atomic E-state index is 5.82. The van der Waals surface area contributed by atoms with Crippen molar-refractivity contribution in [3.8, 4) is 0 Å². The van der Waals surface area contributed by atoms with E-state index in [9.17, 15) is 0 Å². The molecule has 1 aliphatic carbocycles. The molecule has 0 radical (unpaired) electrons. The van der Waals surface area contributed by atoms with Crippen LogP contribution in [0.25, 0.3) is 0 Å². The number of methoxy groups -OCH3 is 1. The lowest BCUT2D eigenvalue weighted by Gasteiger charge is -2.15. The molecule has 1 heterocycles. The van der Waals surface area contributed by atoms with E-state index in [1.165, 1.54) is 12.8 Å². The summed E-state index contributed by atoms with van der Waals surface area (Å²) in [5.74, 6) is 0.797. The van der Waals surface area contributed by atoms with E-state index >= 15 is 0 Å². The average Bonchev–Trinajstić information content (AvgIpc) is 2.95. The van der Waals surface area contributed by atoms with Crippen LogP contribution >= 0.6 is 0 Å². The number of ether oxygens (including phenoxy) is 1. The molecular formula is C11H20N4O. The Balaban J connectivity index is 1.85. The Morgan fingerprint density at radius 2 is 2.38 bits per heavy atom. The van der Waals surface area contributed by atoms with E-state index in [1.807, 2.05) is 13.2 Å². The van der Waals surface area contributed by atoms with Crippen molar-refractivity contribution in [2.75, 3.05) is 31.3 Å². The van der Waals surface area contributed by atoms with Crippen molar-refractivity contribution in [2.24, 2.45) is 12.5 Å². The SMILES string of the molecule is COCCC1(CNc2nn(C)cc2N)CC1. The maximum Gasteiger partial charge on any atom is 0.171 e. The molecule has 0 atom stereocenters. The van der Waals surface area contributed by atoms with Crippen LogP contribution in [0.3, 0.4) is 0 Å². The highest BCUT2D eigenvalue weighted by atomic mass is 16.5. The Morgan fingerprint density at radius 3 is 2.88 bits per heavy atom. The predicted molar refractivity (Wildman–Crippen MR) is 64.3 cm³/mol. The van der Waals surface area contributed by atoms with E-state index < -0.39 is 0 Å². The molecule has 2 rings (SSSR count). The maximum atomic E-state index is 5.82. The third kappa shape index (κ3) is 2.47. The van der Waals surface area contributed by atoms with Gasteiger partial charge in [-0.05, 0) is 24.7 Å². The Bertz CT molecular complexity index is 357. The quantitative estimate of drug-likeness (QED) is 0.763. The summed E-state index contributed by atoms with van der Waals surface area (Å²) in [6.45, 7) is 1.77. The number of nitrogens with one attached hydrogen (secondary N) is 1. The largest absolute Gasteiger partial charge is 0.394 e. The number of aromatic nitrogens is 2. The minimum atomic E-state index is 0.417. The van der Waals surface area contributed by atoms with E-state index in [0.29, 0.717) is 11.1 Å². The first-order valence-corrected chi connectivity index (χ1v) is 5.67. The third-order valence-corrected chi connectivity index (χ3v) is 3.28. The van der Waals surface area contributed by atoms with Gasteiger partial charge in [-0.25, -0.2) is 0 Å². The van der Waals surface area contributed by atoms with Crippen LogP contribution in [0.15, 0.2) is 6.20 Å². The van der Waals surface area contributed by atoms with Crippen molar-refractivity contribution < 1.29 is 4.74 Å². The first-order chi connectivity index (χ1) is 7.65. The Kier molecular flexibility index (Phi) is 3.05. The predicted octanol–water partition coefficient (Wildman–Crippen LogP) is 1.23. The lowest BCUT2D eigenvalue weighted by Crippen LogP contribution is -2.18. The zero-order valence-corrected chi connectivity index (χ0v) is 9.99. The second-order valence-electron chi connectivity index (χ2n) is 4.70. The van der Waals surface area contributed by atoms with Gasteiger partial charge < -0.3 is 15.8 Å². The molecule has 1 aromatic rings. The lowest BCUT2D eigenvalue weighted by molar-refractivity contribution is 0.175. The molecule has 3 N–H and O–H groups in total. The fraction of sp³-hybridized carbons (Fsp3) is 0.727. The molecule has 5 nitrogen and oxygen atoms in total. The summed E-state index contributed by atoms with van der Waals surface area (Å²) in [7, 11) is 3.62. The number of hydrogen-bond acceptors (Lipinski definition) is 4. The van der Waals surface area contributed by atoms with E-state index in [0.717, 1.165) is 25.4 Å². The van der Waals surface area contributed by atoms with Gasteiger partial charge in [0, 0.05) is 33.5 Å². The number of nitrogen functional groups attached to an aromatic ring is 1. The van der Waals surface area contributed by atoms with Gasteiger partial charge in [0.25, 0.3) is 0 Å². The van der Waals surface area contributed by atoms with Gasteiger partial charge in [-0.15, -0.1) is 0 Å². The molecule has 0 aliphatic heterocycles. The highest BCUT2D eigenvalue weighted by Gasteiger charge is 2.41. The number of nitrogens with zero attached hydrogens (tertiary/aromatic N) is 2. The number of anilines is 2. The zero-order chi connectivity index (χ0) is 11.6. The van der Waals surface area contributed by atoms with Crippen LogP contribution in [-0.4, -0.2) is 30.0 Å². The van der Waals surface area contributed by atoms with Crippen LogP contribution in [-0.2, 0) is 11.8 Å². The number of hydrogen-bond donors (Lipinski definition) is 2. The van der Waals surface area contributed by atoms with Crippen molar-refractivity contribution in [2.45, 2.75) is 19.3 Å². The smallest absolute Gasteiger partial charge is 0.171 e. The summed E-state index contributed by atoms with van der Waals surface area (Å²) in [4.78, 5) is 0. The van der Waals surface area contributed by atoms with Crippen LogP contribution in [0, 0.1) is 5.41 Å². The van der Waals surface area contributed by atoms with Gasteiger partial charge in [0.15, 0.2) is 5.82 Å². The van der Waals surface area contributed by atoms with Crippen molar-refractivity contribution in [3.63, 3.8) is 0 Å². The molecule has 16 heavy (non-hydrogen) atoms. The molecule has 1 aliphatic rings. The molecule has 90 valence electrons. The summed E-state index contributed by atoms with van der Waals surface area (Å²) in [6, 6.07) is 0. The fourth-order valence-corrected chi connectivity index (χ4v) is 1.93. The topological polar surface area (TPSA) is 65.1 Å². The lowest BCUT2D eigenvalue weighted by atomic mass is 10.0. The monoisotopic (exact) mass is 224 g/mol. The fourth-order valence-electron chi connectivity index (χ4n) is 1.93. The Hall–Kier alpha value is -1.23. The van der Waals surface area contributed by atoms with Crippen LogP contribution in [0.5, 0.6) is 0 Å². The third-order valence-electron chi connectivity index (χ3n) is 3.28.